The van der Waals surface area contributed by atoms with Crippen molar-refractivity contribution >= 4 is 21.6 Å². The molecule has 4 heteroatoms. The third-order valence-electron chi connectivity index (χ3n) is 3.08. The molecule has 0 radical (unpaired) electrons. The number of nitrogens with two attached hydrogens (primary N) is 1. The predicted molar refractivity (Wildman–Crippen MR) is 69.3 cm³/mol. The highest BCUT2D eigenvalue weighted by Crippen LogP contribution is 2.31. The van der Waals surface area contributed by atoms with Gasteiger partial charge in [0, 0.05) is 11.0 Å². The molecule has 0 bridgehead atoms. The number of piperidine rings is 1. The fourth-order valence-corrected chi connectivity index (χ4v) is 2.80. The highest BCUT2D eigenvalue weighted by molar-refractivity contribution is 9.10. The minimum Gasteiger partial charge on any atom is -0.365 e. The molecule has 0 aromatic heterocycles. The molecule has 1 aromatic carbocycles. The second kappa shape index (κ2) is 5.66. The van der Waals surface area contributed by atoms with Crippen molar-refractivity contribution < 1.29 is 4.84 Å². The van der Waals surface area contributed by atoms with Crippen LogP contribution in [0.4, 0.5) is 5.69 Å². The summed E-state index contributed by atoms with van der Waals surface area (Å²) in [4.78, 5) is 7.21. The van der Waals surface area contributed by atoms with E-state index in [0.717, 1.165) is 17.4 Å². The molecular formula is C12H17BrN2O. The molecule has 1 heterocycles. The van der Waals surface area contributed by atoms with E-state index in [0.29, 0.717) is 12.6 Å². The lowest BCUT2D eigenvalue weighted by atomic mass is 10.0. The van der Waals surface area contributed by atoms with Crippen molar-refractivity contribution in [3.8, 4) is 0 Å². The van der Waals surface area contributed by atoms with Crippen LogP contribution in [0.2, 0.25) is 0 Å². The largest absolute Gasteiger partial charge is 0.365 e. The van der Waals surface area contributed by atoms with Crippen LogP contribution in [0.3, 0.4) is 0 Å². The molecule has 88 valence electrons. The smallest absolute Gasteiger partial charge is 0.0882 e. The number of benzene rings is 1. The van der Waals surface area contributed by atoms with Gasteiger partial charge in [0.2, 0.25) is 0 Å². The molecule has 0 spiro atoms. The Balaban J connectivity index is 2.19. The lowest BCUT2D eigenvalue weighted by Gasteiger charge is -2.37. The van der Waals surface area contributed by atoms with E-state index in [2.05, 4.69) is 39.0 Å². The first kappa shape index (κ1) is 11.9. The van der Waals surface area contributed by atoms with E-state index < -0.39 is 0 Å². The summed E-state index contributed by atoms with van der Waals surface area (Å²) in [7, 11) is 0. The van der Waals surface area contributed by atoms with E-state index in [1.807, 2.05) is 6.07 Å². The minimum atomic E-state index is 0.400. The standard InChI is InChI=1S/C12H17BrN2O/c13-11-6-1-2-7-12(11)15-8-4-3-5-10(15)9-16-14/h1-2,6-7,10H,3-5,8-9,14H2. The van der Waals surface area contributed by atoms with Gasteiger partial charge >= 0.3 is 0 Å². The zero-order valence-electron chi connectivity index (χ0n) is 9.23. The van der Waals surface area contributed by atoms with E-state index in [4.69, 9.17) is 10.7 Å². The maximum absolute atomic E-state index is 5.20. The summed E-state index contributed by atoms with van der Waals surface area (Å²) in [6.45, 7) is 1.68. The maximum Gasteiger partial charge on any atom is 0.0882 e. The monoisotopic (exact) mass is 284 g/mol. The number of halogens is 1. The summed E-state index contributed by atoms with van der Waals surface area (Å²) < 4.78 is 1.14. The van der Waals surface area contributed by atoms with Gasteiger partial charge in [-0.3, -0.25) is 0 Å². The van der Waals surface area contributed by atoms with Gasteiger partial charge in [-0.15, -0.1) is 0 Å². The molecule has 1 atom stereocenters. The van der Waals surface area contributed by atoms with Gasteiger partial charge < -0.3 is 9.74 Å². The van der Waals surface area contributed by atoms with Crippen molar-refractivity contribution in [3.63, 3.8) is 0 Å². The van der Waals surface area contributed by atoms with Crippen molar-refractivity contribution in [2.24, 2.45) is 5.90 Å². The summed E-state index contributed by atoms with van der Waals surface area (Å²) >= 11 is 3.60. The molecule has 2 N–H and O–H groups in total. The lowest BCUT2D eigenvalue weighted by Crippen LogP contribution is -2.43. The average Bonchev–Trinajstić information content (AvgIpc) is 2.31. The van der Waals surface area contributed by atoms with Crippen molar-refractivity contribution in [2.45, 2.75) is 25.3 Å². The Morgan fingerprint density at radius 2 is 2.19 bits per heavy atom. The molecule has 2 rings (SSSR count). The van der Waals surface area contributed by atoms with Crippen LogP contribution in [0, 0.1) is 0 Å². The Labute approximate surface area is 105 Å². The molecule has 1 aromatic rings. The van der Waals surface area contributed by atoms with Crippen LogP contribution in [0.5, 0.6) is 0 Å². The highest BCUT2D eigenvalue weighted by Gasteiger charge is 2.23. The number of hydrogen-bond donors (Lipinski definition) is 1. The molecule has 1 fully saturated rings. The molecule has 16 heavy (non-hydrogen) atoms. The maximum atomic E-state index is 5.20. The molecule has 1 unspecified atom stereocenters. The second-order valence-electron chi connectivity index (χ2n) is 4.13. The van der Waals surface area contributed by atoms with Crippen LogP contribution in [0.15, 0.2) is 28.7 Å². The van der Waals surface area contributed by atoms with Crippen molar-refractivity contribution in [2.75, 3.05) is 18.1 Å². The predicted octanol–water partition coefficient (Wildman–Crippen LogP) is 2.70. The SMILES string of the molecule is NOCC1CCCCN1c1ccccc1Br. The zero-order valence-corrected chi connectivity index (χ0v) is 10.8. The Kier molecular flexibility index (Phi) is 4.21. The van der Waals surface area contributed by atoms with Gasteiger partial charge in [0.1, 0.15) is 0 Å². The first-order valence-corrected chi connectivity index (χ1v) is 6.45. The molecule has 0 saturated carbocycles. The Hall–Kier alpha value is -0.580. The summed E-state index contributed by atoms with van der Waals surface area (Å²) in [6.07, 6.45) is 3.65. The van der Waals surface area contributed by atoms with Gasteiger partial charge in [0.25, 0.3) is 0 Å². The summed E-state index contributed by atoms with van der Waals surface area (Å²) in [5.74, 6) is 5.20. The number of rotatable bonds is 3. The fourth-order valence-electron chi connectivity index (χ4n) is 2.29. The highest BCUT2D eigenvalue weighted by atomic mass is 79.9. The summed E-state index contributed by atoms with van der Waals surface area (Å²) in [6, 6.07) is 8.71. The van der Waals surface area contributed by atoms with Crippen molar-refractivity contribution in [1.29, 1.82) is 0 Å². The molecule has 1 aliphatic rings. The number of para-hydroxylation sites is 1. The number of hydrogen-bond acceptors (Lipinski definition) is 3. The van der Waals surface area contributed by atoms with E-state index in [9.17, 15) is 0 Å². The van der Waals surface area contributed by atoms with Gasteiger partial charge in [-0.1, -0.05) is 12.1 Å². The van der Waals surface area contributed by atoms with Gasteiger partial charge in [-0.05, 0) is 47.3 Å². The Morgan fingerprint density at radius 1 is 1.38 bits per heavy atom. The first-order chi connectivity index (χ1) is 7.83. The van der Waals surface area contributed by atoms with Crippen molar-refractivity contribution in [1.82, 2.24) is 0 Å². The lowest BCUT2D eigenvalue weighted by molar-refractivity contribution is 0.114. The molecule has 0 amide bonds. The third kappa shape index (κ3) is 2.56. The summed E-state index contributed by atoms with van der Waals surface area (Å²) in [5.41, 5.74) is 1.24. The van der Waals surface area contributed by atoms with E-state index in [1.54, 1.807) is 0 Å². The fraction of sp³-hybridized carbons (Fsp3) is 0.500. The van der Waals surface area contributed by atoms with Crippen LogP contribution in [0.1, 0.15) is 19.3 Å². The molecular weight excluding hydrogens is 268 g/mol. The molecule has 3 nitrogen and oxygen atoms in total. The van der Waals surface area contributed by atoms with Crippen molar-refractivity contribution in [3.05, 3.63) is 28.7 Å². The van der Waals surface area contributed by atoms with Gasteiger partial charge in [-0.25, -0.2) is 5.90 Å². The van der Waals surface area contributed by atoms with E-state index in [1.165, 1.54) is 18.5 Å². The molecule has 0 aliphatic carbocycles. The Morgan fingerprint density at radius 3 is 2.94 bits per heavy atom. The molecule has 1 saturated heterocycles. The van der Waals surface area contributed by atoms with Gasteiger partial charge in [-0.2, -0.15) is 0 Å². The van der Waals surface area contributed by atoms with Crippen LogP contribution < -0.4 is 10.8 Å². The average molecular weight is 285 g/mol. The number of anilines is 1. The van der Waals surface area contributed by atoms with Gasteiger partial charge in [0.05, 0.1) is 18.3 Å². The quantitative estimate of drug-likeness (QED) is 0.868. The van der Waals surface area contributed by atoms with Crippen LogP contribution in [-0.2, 0) is 4.84 Å². The second-order valence-corrected chi connectivity index (χ2v) is 4.98. The number of nitrogens with zero attached hydrogens (tertiary/aromatic N) is 1. The first-order valence-electron chi connectivity index (χ1n) is 5.66. The van der Waals surface area contributed by atoms with E-state index in [-0.39, 0.29) is 0 Å². The zero-order chi connectivity index (χ0) is 11.4. The molecule has 1 aliphatic heterocycles. The minimum absolute atomic E-state index is 0.400. The van der Waals surface area contributed by atoms with Gasteiger partial charge in [0.15, 0.2) is 0 Å². The van der Waals surface area contributed by atoms with Crippen LogP contribution in [0.25, 0.3) is 0 Å². The van der Waals surface area contributed by atoms with Crippen LogP contribution in [-0.4, -0.2) is 19.2 Å². The third-order valence-corrected chi connectivity index (χ3v) is 3.75. The van der Waals surface area contributed by atoms with Crippen LogP contribution >= 0.6 is 15.9 Å². The summed E-state index contributed by atoms with van der Waals surface area (Å²) in [5, 5.41) is 0. The topological polar surface area (TPSA) is 38.5 Å². The Bertz CT molecular complexity index is 344. The normalized spacial score (nSPS) is 21.1. The van der Waals surface area contributed by atoms with E-state index >= 15 is 0 Å².